The van der Waals surface area contributed by atoms with E-state index < -0.39 is 0 Å². The number of halogens is 1. The van der Waals surface area contributed by atoms with Gasteiger partial charge in [0.2, 0.25) is 0 Å². The molecule has 0 radical (unpaired) electrons. The SMILES string of the molecule is Cc1cc(Cl)ccc1OC(=O)C1CCCN1. The van der Waals surface area contributed by atoms with Gasteiger partial charge in [0.15, 0.2) is 0 Å². The first kappa shape index (κ1) is 11.4. The van der Waals surface area contributed by atoms with Crippen molar-refractivity contribution in [2.75, 3.05) is 6.54 Å². The Morgan fingerprint density at radius 2 is 2.38 bits per heavy atom. The summed E-state index contributed by atoms with van der Waals surface area (Å²) >= 11 is 5.83. The van der Waals surface area contributed by atoms with Crippen LogP contribution < -0.4 is 10.1 Å². The lowest BCUT2D eigenvalue weighted by Crippen LogP contribution is -2.34. The number of nitrogens with one attached hydrogen (secondary N) is 1. The number of ether oxygens (including phenoxy) is 1. The second-order valence-corrected chi connectivity index (χ2v) is 4.42. The minimum absolute atomic E-state index is 0.157. The number of carbonyl (C=O) groups excluding carboxylic acids is 1. The van der Waals surface area contributed by atoms with E-state index in [9.17, 15) is 4.79 Å². The van der Waals surface area contributed by atoms with Gasteiger partial charge >= 0.3 is 5.97 Å². The zero-order valence-corrected chi connectivity index (χ0v) is 9.88. The van der Waals surface area contributed by atoms with E-state index >= 15 is 0 Å². The second kappa shape index (κ2) is 4.85. The Morgan fingerprint density at radius 1 is 1.56 bits per heavy atom. The standard InChI is InChI=1S/C12H14ClNO2/c1-8-7-9(13)4-5-11(8)16-12(15)10-3-2-6-14-10/h4-5,7,10,14H,2-3,6H2,1H3. The van der Waals surface area contributed by atoms with E-state index in [0.29, 0.717) is 10.8 Å². The van der Waals surface area contributed by atoms with Crippen LogP contribution >= 0.6 is 11.6 Å². The van der Waals surface area contributed by atoms with Gasteiger partial charge in [0.25, 0.3) is 0 Å². The summed E-state index contributed by atoms with van der Waals surface area (Å²) in [4.78, 5) is 11.7. The van der Waals surface area contributed by atoms with Crippen molar-refractivity contribution < 1.29 is 9.53 Å². The molecule has 0 bridgehead atoms. The Bertz CT molecular complexity index is 400. The van der Waals surface area contributed by atoms with Crippen molar-refractivity contribution in [1.82, 2.24) is 5.32 Å². The molecule has 1 aromatic rings. The van der Waals surface area contributed by atoms with Gasteiger partial charge in [-0.15, -0.1) is 0 Å². The topological polar surface area (TPSA) is 38.3 Å². The molecule has 1 heterocycles. The molecule has 1 aliphatic rings. The molecule has 2 rings (SSSR count). The summed E-state index contributed by atoms with van der Waals surface area (Å²) in [5.74, 6) is 0.381. The van der Waals surface area contributed by atoms with Crippen LogP contribution in [0.1, 0.15) is 18.4 Å². The second-order valence-electron chi connectivity index (χ2n) is 3.98. The molecule has 0 saturated carbocycles. The van der Waals surface area contributed by atoms with Crippen LogP contribution in [0.5, 0.6) is 5.75 Å². The van der Waals surface area contributed by atoms with Crippen molar-refractivity contribution in [2.24, 2.45) is 0 Å². The first-order valence-corrected chi connectivity index (χ1v) is 5.76. The van der Waals surface area contributed by atoms with E-state index in [2.05, 4.69) is 5.32 Å². The quantitative estimate of drug-likeness (QED) is 0.636. The third kappa shape index (κ3) is 2.54. The van der Waals surface area contributed by atoms with Crippen LogP contribution in [0.4, 0.5) is 0 Å². The molecule has 1 fully saturated rings. The lowest BCUT2D eigenvalue weighted by molar-refractivity contribution is -0.136. The summed E-state index contributed by atoms with van der Waals surface area (Å²) in [6.07, 6.45) is 1.88. The smallest absolute Gasteiger partial charge is 0.328 e. The molecule has 4 heteroatoms. The van der Waals surface area contributed by atoms with Gasteiger partial charge in [-0.25, -0.2) is 4.79 Å². The number of hydrogen-bond donors (Lipinski definition) is 1. The molecule has 1 aromatic carbocycles. The number of aryl methyl sites for hydroxylation is 1. The highest BCUT2D eigenvalue weighted by Crippen LogP contribution is 2.22. The van der Waals surface area contributed by atoms with Gasteiger partial charge in [-0.1, -0.05) is 11.6 Å². The highest BCUT2D eigenvalue weighted by atomic mass is 35.5. The van der Waals surface area contributed by atoms with Crippen LogP contribution in [0.2, 0.25) is 5.02 Å². The minimum atomic E-state index is -0.206. The molecular formula is C12H14ClNO2. The van der Waals surface area contributed by atoms with Gasteiger partial charge < -0.3 is 10.1 Å². The number of hydrogen-bond acceptors (Lipinski definition) is 3. The molecule has 1 unspecified atom stereocenters. The zero-order chi connectivity index (χ0) is 11.5. The normalized spacial score (nSPS) is 19.8. The molecule has 1 aliphatic heterocycles. The molecule has 1 atom stereocenters. The van der Waals surface area contributed by atoms with E-state index in [0.717, 1.165) is 24.9 Å². The number of esters is 1. The van der Waals surface area contributed by atoms with Crippen LogP contribution in [-0.2, 0) is 4.79 Å². The molecule has 86 valence electrons. The van der Waals surface area contributed by atoms with Gasteiger partial charge in [0.1, 0.15) is 11.8 Å². The van der Waals surface area contributed by atoms with Crippen molar-refractivity contribution in [2.45, 2.75) is 25.8 Å². The fourth-order valence-electron chi connectivity index (χ4n) is 1.79. The molecule has 1 N–H and O–H groups in total. The lowest BCUT2D eigenvalue weighted by Gasteiger charge is -2.11. The van der Waals surface area contributed by atoms with E-state index in [1.165, 1.54) is 0 Å². The fourth-order valence-corrected chi connectivity index (χ4v) is 2.02. The van der Waals surface area contributed by atoms with Crippen LogP contribution in [0.25, 0.3) is 0 Å². The Morgan fingerprint density at radius 3 is 3.00 bits per heavy atom. The summed E-state index contributed by atoms with van der Waals surface area (Å²) in [5, 5.41) is 3.76. The third-order valence-electron chi connectivity index (χ3n) is 2.69. The Hall–Kier alpha value is -1.06. The first-order valence-electron chi connectivity index (χ1n) is 5.38. The first-order chi connectivity index (χ1) is 7.66. The highest BCUT2D eigenvalue weighted by Gasteiger charge is 2.24. The van der Waals surface area contributed by atoms with E-state index in [1.54, 1.807) is 18.2 Å². The van der Waals surface area contributed by atoms with Crippen LogP contribution in [0.15, 0.2) is 18.2 Å². The van der Waals surface area contributed by atoms with E-state index in [-0.39, 0.29) is 12.0 Å². The Labute approximate surface area is 99.7 Å². The maximum Gasteiger partial charge on any atom is 0.328 e. The molecule has 0 spiro atoms. The van der Waals surface area contributed by atoms with Crippen LogP contribution in [0, 0.1) is 6.92 Å². The van der Waals surface area contributed by atoms with Crippen molar-refractivity contribution >= 4 is 17.6 Å². The molecule has 1 saturated heterocycles. The minimum Gasteiger partial charge on any atom is -0.425 e. The van der Waals surface area contributed by atoms with Crippen LogP contribution in [0.3, 0.4) is 0 Å². The third-order valence-corrected chi connectivity index (χ3v) is 2.93. The number of rotatable bonds is 2. The number of carbonyl (C=O) groups is 1. The predicted molar refractivity (Wildman–Crippen MR) is 62.8 cm³/mol. The van der Waals surface area contributed by atoms with Crippen molar-refractivity contribution in [3.63, 3.8) is 0 Å². The van der Waals surface area contributed by atoms with Crippen molar-refractivity contribution in [3.05, 3.63) is 28.8 Å². The average molecular weight is 240 g/mol. The fraction of sp³-hybridized carbons (Fsp3) is 0.417. The predicted octanol–water partition coefficient (Wildman–Crippen LogP) is 2.31. The molecule has 0 amide bonds. The van der Waals surface area contributed by atoms with Gasteiger partial charge in [-0.05, 0) is 50.1 Å². The molecule has 0 aliphatic carbocycles. The van der Waals surface area contributed by atoms with E-state index in [4.69, 9.17) is 16.3 Å². The Kier molecular flexibility index (Phi) is 3.46. The largest absolute Gasteiger partial charge is 0.425 e. The van der Waals surface area contributed by atoms with Crippen LogP contribution in [-0.4, -0.2) is 18.6 Å². The zero-order valence-electron chi connectivity index (χ0n) is 9.13. The monoisotopic (exact) mass is 239 g/mol. The van der Waals surface area contributed by atoms with Crippen molar-refractivity contribution in [3.8, 4) is 5.75 Å². The van der Waals surface area contributed by atoms with Gasteiger partial charge in [0.05, 0.1) is 0 Å². The average Bonchev–Trinajstić information content (AvgIpc) is 2.75. The maximum atomic E-state index is 11.7. The van der Waals surface area contributed by atoms with Crippen molar-refractivity contribution in [1.29, 1.82) is 0 Å². The van der Waals surface area contributed by atoms with Gasteiger partial charge in [-0.3, -0.25) is 0 Å². The van der Waals surface area contributed by atoms with Gasteiger partial charge in [0, 0.05) is 5.02 Å². The highest BCUT2D eigenvalue weighted by molar-refractivity contribution is 6.30. The van der Waals surface area contributed by atoms with E-state index in [1.807, 2.05) is 6.92 Å². The molecular weight excluding hydrogens is 226 g/mol. The lowest BCUT2D eigenvalue weighted by atomic mass is 10.2. The molecule has 16 heavy (non-hydrogen) atoms. The maximum absolute atomic E-state index is 11.7. The summed E-state index contributed by atoms with van der Waals surface area (Å²) in [5.41, 5.74) is 0.874. The number of benzene rings is 1. The summed E-state index contributed by atoms with van der Waals surface area (Å²) in [6, 6.07) is 5.07. The molecule has 0 aromatic heterocycles. The summed E-state index contributed by atoms with van der Waals surface area (Å²) in [6.45, 7) is 2.76. The summed E-state index contributed by atoms with van der Waals surface area (Å²) < 4.78 is 5.32. The molecule has 3 nitrogen and oxygen atoms in total. The summed E-state index contributed by atoms with van der Waals surface area (Å²) in [7, 11) is 0. The Balaban J connectivity index is 2.05. The van der Waals surface area contributed by atoms with Gasteiger partial charge in [-0.2, -0.15) is 0 Å².